The van der Waals surface area contributed by atoms with Crippen LogP contribution in [0.25, 0.3) is 5.57 Å². The van der Waals surface area contributed by atoms with Crippen LogP contribution < -0.4 is 0 Å². The Kier molecular flexibility index (Phi) is 4.37. The van der Waals surface area contributed by atoms with Crippen LogP contribution in [0.4, 0.5) is 0 Å². The van der Waals surface area contributed by atoms with Crippen molar-refractivity contribution in [3.05, 3.63) is 87.5 Å². The fourth-order valence-electron chi connectivity index (χ4n) is 2.96. The van der Waals surface area contributed by atoms with Gasteiger partial charge in [0.2, 0.25) is 0 Å². The van der Waals surface area contributed by atoms with E-state index in [1.165, 1.54) is 22.3 Å². The molecule has 2 aromatic carbocycles. The third kappa shape index (κ3) is 3.23. The summed E-state index contributed by atoms with van der Waals surface area (Å²) in [5.41, 5.74) is 6.80. The maximum atomic E-state index is 8.90. The van der Waals surface area contributed by atoms with Crippen molar-refractivity contribution in [2.24, 2.45) is 5.92 Å². The Labute approximate surface area is 142 Å². The molecule has 2 aromatic rings. The van der Waals surface area contributed by atoms with Gasteiger partial charge >= 0.3 is 0 Å². The maximum Gasteiger partial charge on any atom is 0.0991 e. The van der Waals surface area contributed by atoms with Gasteiger partial charge in [0.05, 0.1) is 11.6 Å². The Balaban J connectivity index is 1.85. The van der Waals surface area contributed by atoms with Crippen molar-refractivity contribution in [1.82, 2.24) is 0 Å². The van der Waals surface area contributed by atoms with Crippen LogP contribution in [0, 0.1) is 31.1 Å². The van der Waals surface area contributed by atoms with E-state index in [-0.39, 0.29) is 0 Å². The monoisotopic (exact) mass is 319 g/mol. The first-order valence-electron chi connectivity index (χ1n) is 7.73. The van der Waals surface area contributed by atoms with E-state index in [9.17, 15) is 0 Å². The number of nitrogens with zero attached hydrogens (tertiary/aromatic N) is 1. The molecule has 0 fully saturated rings. The normalized spacial score (nSPS) is 16.3. The van der Waals surface area contributed by atoms with E-state index in [0.29, 0.717) is 11.5 Å². The highest BCUT2D eigenvalue weighted by molar-refractivity contribution is 6.31. The zero-order valence-corrected chi connectivity index (χ0v) is 14.1. The molecule has 1 unspecified atom stereocenters. The number of rotatable bonds is 3. The van der Waals surface area contributed by atoms with Crippen LogP contribution in [0.3, 0.4) is 0 Å². The molecular formula is C21H18ClN. The number of hydrogen-bond donors (Lipinski definition) is 0. The van der Waals surface area contributed by atoms with Crippen LogP contribution in [0.1, 0.15) is 27.8 Å². The zero-order valence-electron chi connectivity index (χ0n) is 13.3. The van der Waals surface area contributed by atoms with Crippen molar-refractivity contribution in [3.8, 4) is 6.07 Å². The highest BCUT2D eigenvalue weighted by atomic mass is 35.5. The van der Waals surface area contributed by atoms with Crippen LogP contribution in [0.2, 0.25) is 5.02 Å². The minimum Gasteiger partial charge on any atom is -0.192 e. The highest BCUT2D eigenvalue weighted by Crippen LogP contribution is 2.34. The van der Waals surface area contributed by atoms with Crippen molar-refractivity contribution < 1.29 is 0 Å². The minimum atomic E-state index is 0.348. The standard InChI is InChI=1S/C21H18ClN/c1-14-10-19(12-21(22)15(14)2)20-5-3-4-18(20)11-16-6-8-17(13-23)9-7-16/h3-10,12,18H,11H2,1-2H3. The molecule has 1 atom stereocenters. The average Bonchev–Trinajstić information content (AvgIpc) is 3.01. The summed E-state index contributed by atoms with van der Waals surface area (Å²) in [6.45, 7) is 4.15. The van der Waals surface area contributed by atoms with Gasteiger partial charge in [-0.3, -0.25) is 0 Å². The molecule has 114 valence electrons. The lowest BCUT2D eigenvalue weighted by Gasteiger charge is -2.16. The Morgan fingerprint density at radius 2 is 1.87 bits per heavy atom. The van der Waals surface area contributed by atoms with E-state index in [1.54, 1.807) is 0 Å². The Hall–Kier alpha value is -2.30. The van der Waals surface area contributed by atoms with E-state index in [4.69, 9.17) is 16.9 Å². The molecule has 0 saturated carbocycles. The van der Waals surface area contributed by atoms with Gasteiger partial charge in [0.1, 0.15) is 0 Å². The second-order valence-electron chi connectivity index (χ2n) is 6.03. The van der Waals surface area contributed by atoms with E-state index in [0.717, 1.165) is 17.0 Å². The first-order chi connectivity index (χ1) is 11.1. The van der Waals surface area contributed by atoms with Crippen molar-refractivity contribution in [3.63, 3.8) is 0 Å². The van der Waals surface area contributed by atoms with Gasteiger partial charge in [-0.05, 0) is 66.3 Å². The maximum absolute atomic E-state index is 8.90. The number of allylic oxidation sites excluding steroid dienone is 4. The van der Waals surface area contributed by atoms with Gasteiger partial charge in [0.25, 0.3) is 0 Å². The van der Waals surface area contributed by atoms with Gasteiger partial charge in [0, 0.05) is 10.9 Å². The van der Waals surface area contributed by atoms with Crippen molar-refractivity contribution in [2.45, 2.75) is 20.3 Å². The minimum absolute atomic E-state index is 0.348. The molecular weight excluding hydrogens is 302 g/mol. The predicted octanol–water partition coefficient (Wildman–Crippen LogP) is 5.64. The molecule has 0 amide bonds. The smallest absolute Gasteiger partial charge is 0.0991 e. The lowest BCUT2D eigenvalue weighted by molar-refractivity contribution is 0.834. The molecule has 3 rings (SSSR count). The lowest BCUT2D eigenvalue weighted by Crippen LogP contribution is -2.03. The topological polar surface area (TPSA) is 23.8 Å². The van der Waals surface area contributed by atoms with Gasteiger partial charge in [-0.25, -0.2) is 0 Å². The molecule has 0 heterocycles. The van der Waals surface area contributed by atoms with Gasteiger partial charge in [0.15, 0.2) is 0 Å². The van der Waals surface area contributed by atoms with Gasteiger partial charge in [-0.15, -0.1) is 0 Å². The summed E-state index contributed by atoms with van der Waals surface area (Å²) in [6, 6.07) is 14.3. The van der Waals surface area contributed by atoms with Crippen molar-refractivity contribution >= 4 is 17.2 Å². The summed E-state index contributed by atoms with van der Waals surface area (Å²) in [6.07, 6.45) is 7.46. The molecule has 0 radical (unpaired) electrons. The van der Waals surface area contributed by atoms with Crippen molar-refractivity contribution in [1.29, 1.82) is 5.26 Å². The number of hydrogen-bond acceptors (Lipinski definition) is 1. The van der Waals surface area contributed by atoms with Crippen LogP contribution >= 0.6 is 11.6 Å². The number of halogens is 1. The van der Waals surface area contributed by atoms with Crippen LogP contribution in [0.15, 0.2) is 54.6 Å². The van der Waals surface area contributed by atoms with Gasteiger partial charge < -0.3 is 0 Å². The average molecular weight is 320 g/mol. The number of benzene rings is 2. The van der Waals surface area contributed by atoms with E-state index >= 15 is 0 Å². The van der Waals surface area contributed by atoms with Crippen LogP contribution in [0.5, 0.6) is 0 Å². The quantitative estimate of drug-likeness (QED) is 0.718. The second kappa shape index (κ2) is 6.44. The summed E-state index contributed by atoms with van der Waals surface area (Å²) in [5.74, 6) is 0.348. The summed E-state index contributed by atoms with van der Waals surface area (Å²) < 4.78 is 0. The Morgan fingerprint density at radius 3 is 2.52 bits per heavy atom. The molecule has 23 heavy (non-hydrogen) atoms. The third-order valence-corrected chi connectivity index (χ3v) is 4.89. The summed E-state index contributed by atoms with van der Waals surface area (Å²) in [4.78, 5) is 0. The van der Waals surface area contributed by atoms with Crippen molar-refractivity contribution in [2.75, 3.05) is 0 Å². The summed E-state index contributed by atoms with van der Waals surface area (Å²) in [5, 5.41) is 9.72. The molecule has 1 nitrogen and oxygen atoms in total. The van der Waals surface area contributed by atoms with E-state index in [1.807, 2.05) is 24.3 Å². The molecule has 0 saturated heterocycles. The molecule has 0 aromatic heterocycles. The Morgan fingerprint density at radius 1 is 1.13 bits per heavy atom. The fourth-order valence-corrected chi connectivity index (χ4v) is 3.23. The van der Waals surface area contributed by atoms with Crippen LogP contribution in [-0.4, -0.2) is 0 Å². The molecule has 0 aliphatic heterocycles. The van der Waals surface area contributed by atoms with E-state index in [2.05, 4.69) is 50.3 Å². The Bertz CT molecular complexity index is 812. The highest BCUT2D eigenvalue weighted by Gasteiger charge is 2.18. The molecule has 2 heteroatoms. The first kappa shape index (κ1) is 15.6. The first-order valence-corrected chi connectivity index (χ1v) is 8.11. The third-order valence-electron chi connectivity index (χ3n) is 4.49. The SMILES string of the molecule is Cc1cc(C2=CC=CC2Cc2ccc(C#N)cc2)cc(Cl)c1C. The number of nitriles is 1. The molecule has 0 N–H and O–H groups in total. The predicted molar refractivity (Wildman–Crippen MR) is 96.4 cm³/mol. The van der Waals surface area contributed by atoms with Crippen LogP contribution in [-0.2, 0) is 6.42 Å². The summed E-state index contributed by atoms with van der Waals surface area (Å²) in [7, 11) is 0. The molecule has 0 spiro atoms. The molecule has 1 aliphatic rings. The molecule has 1 aliphatic carbocycles. The molecule has 0 bridgehead atoms. The largest absolute Gasteiger partial charge is 0.192 e. The van der Waals surface area contributed by atoms with Gasteiger partial charge in [-0.1, -0.05) is 48.0 Å². The lowest BCUT2D eigenvalue weighted by atomic mass is 9.88. The summed E-state index contributed by atoms with van der Waals surface area (Å²) >= 11 is 6.36. The fraction of sp³-hybridized carbons (Fsp3) is 0.190. The van der Waals surface area contributed by atoms with E-state index < -0.39 is 0 Å². The second-order valence-corrected chi connectivity index (χ2v) is 6.43. The zero-order chi connectivity index (χ0) is 16.4. The number of aryl methyl sites for hydroxylation is 1. The van der Waals surface area contributed by atoms with Gasteiger partial charge in [-0.2, -0.15) is 5.26 Å².